The molecule has 2 unspecified atom stereocenters. The van der Waals surface area contributed by atoms with Gasteiger partial charge in [0, 0.05) is 12.6 Å². The molecule has 1 aromatic carbocycles. The van der Waals surface area contributed by atoms with Crippen LogP contribution >= 0.6 is 0 Å². The van der Waals surface area contributed by atoms with Gasteiger partial charge in [-0.25, -0.2) is 0 Å². The molecule has 0 heterocycles. The molecule has 100 valence electrons. The number of aryl methyl sites for hydroxylation is 1. The number of benzene rings is 1. The lowest BCUT2D eigenvalue weighted by molar-refractivity contribution is 0.0359. The van der Waals surface area contributed by atoms with Crippen LogP contribution in [0.1, 0.15) is 50.8 Å². The normalized spacial score (nSPS) is 21.9. The van der Waals surface area contributed by atoms with Crippen molar-refractivity contribution in [3.8, 4) is 0 Å². The molecule has 2 N–H and O–H groups in total. The Balaban J connectivity index is 1.92. The van der Waals surface area contributed by atoms with Crippen molar-refractivity contribution in [2.45, 2.75) is 51.7 Å². The molecule has 0 saturated carbocycles. The summed E-state index contributed by atoms with van der Waals surface area (Å²) in [6.45, 7) is 6.91. The third-order valence-electron chi connectivity index (χ3n) is 3.71. The molecule has 2 atom stereocenters. The number of hydrogen-bond donors (Lipinski definition) is 2. The molecule has 2 heteroatoms. The van der Waals surface area contributed by atoms with Crippen molar-refractivity contribution in [1.82, 2.24) is 5.32 Å². The molecule has 1 aliphatic rings. The lowest BCUT2D eigenvalue weighted by Crippen LogP contribution is -2.40. The maximum atomic E-state index is 10.3. The Bertz CT molecular complexity index is 398. The molecular weight excluding hydrogens is 222 g/mol. The Morgan fingerprint density at radius 1 is 1.39 bits per heavy atom. The number of hydrogen-bond acceptors (Lipinski definition) is 2. The summed E-state index contributed by atoms with van der Waals surface area (Å²) in [6, 6.07) is 9.04. The summed E-state index contributed by atoms with van der Waals surface area (Å²) in [5.41, 5.74) is 2.27. The highest BCUT2D eigenvalue weighted by Gasteiger charge is 2.26. The fraction of sp³-hybridized carbons (Fsp3) is 0.625. The summed E-state index contributed by atoms with van der Waals surface area (Å²) in [5, 5.41) is 13.9. The molecule has 2 rings (SSSR count). The van der Waals surface area contributed by atoms with E-state index in [0.29, 0.717) is 18.5 Å². The summed E-state index contributed by atoms with van der Waals surface area (Å²) in [4.78, 5) is 0. The third-order valence-corrected chi connectivity index (χ3v) is 3.71. The second-order valence-electron chi connectivity index (χ2n) is 6.27. The van der Waals surface area contributed by atoms with Crippen LogP contribution in [-0.4, -0.2) is 17.3 Å². The minimum absolute atomic E-state index is 0.417. The van der Waals surface area contributed by atoms with Gasteiger partial charge in [-0.1, -0.05) is 38.1 Å². The molecular formula is C16H25NO. The molecule has 1 aliphatic carbocycles. The van der Waals surface area contributed by atoms with Gasteiger partial charge < -0.3 is 10.4 Å². The maximum Gasteiger partial charge on any atom is 0.0746 e. The Labute approximate surface area is 110 Å². The highest BCUT2D eigenvalue weighted by molar-refractivity contribution is 5.34. The second-order valence-corrected chi connectivity index (χ2v) is 6.27. The maximum absolute atomic E-state index is 10.3. The molecule has 0 amide bonds. The summed E-state index contributed by atoms with van der Waals surface area (Å²) < 4.78 is 0. The van der Waals surface area contributed by atoms with Crippen molar-refractivity contribution >= 4 is 0 Å². The van der Waals surface area contributed by atoms with Crippen molar-refractivity contribution in [2.75, 3.05) is 6.54 Å². The Morgan fingerprint density at radius 2 is 2.11 bits per heavy atom. The number of rotatable bonds is 5. The van der Waals surface area contributed by atoms with Crippen LogP contribution in [0.5, 0.6) is 0 Å². The first kappa shape index (κ1) is 13.6. The fourth-order valence-electron chi connectivity index (χ4n) is 3.06. The van der Waals surface area contributed by atoms with Crippen LogP contribution in [0.3, 0.4) is 0 Å². The highest BCUT2D eigenvalue weighted by Crippen LogP contribution is 2.31. The van der Waals surface area contributed by atoms with Gasteiger partial charge in [0.05, 0.1) is 5.60 Å². The van der Waals surface area contributed by atoms with Crippen molar-refractivity contribution in [3.63, 3.8) is 0 Å². The monoisotopic (exact) mass is 247 g/mol. The predicted molar refractivity (Wildman–Crippen MR) is 75.6 cm³/mol. The van der Waals surface area contributed by atoms with E-state index in [9.17, 15) is 5.11 Å². The molecule has 0 fully saturated rings. The van der Waals surface area contributed by atoms with Gasteiger partial charge in [-0.15, -0.1) is 0 Å². The predicted octanol–water partition coefficient (Wildman–Crippen LogP) is 3.06. The quantitative estimate of drug-likeness (QED) is 0.838. The van der Waals surface area contributed by atoms with Crippen LogP contribution < -0.4 is 5.32 Å². The number of nitrogens with one attached hydrogen (secondary N) is 1. The van der Waals surface area contributed by atoms with E-state index < -0.39 is 5.60 Å². The number of fused-ring (bicyclic) bond motifs is 1. The largest absolute Gasteiger partial charge is 0.389 e. The summed E-state index contributed by atoms with van der Waals surface area (Å²) >= 11 is 0. The van der Waals surface area contributed by atoms with E-state index in [1.165, 1.54) is 11.1 Å². The topological polar surface area (TPSA) is 32.3 Å². The first-order valence-electron chi connectivity index (χ1n) is 7.01. The average molecular weight is 247 g/mol. The van der Waals surface area contributed by atoms with Crippen LogP contribution in [0.15, 0.2) is 24.3 Å². The van der Waals surface area contributed by atoms with E-state index in [1.807, 2.05) is 6.92 Å². The molecule has 1 aromatic rings. The SMILES string of the molecule is CC(C)CC(C)(O)CNC1CCc2ccccc21. The number of aliphatic hydroxyl groups is 1. The van der Waals surface area contributed by atoms with Gasteiger partial charge in [-0.3, -0.25) is 0 Å². The van der Waals surface area contributed by atoms with Crippen molar-refractivity contribution in [1.29, 1.82) is 0 Å². The minimum Gasteiger partial charge on any atom is -0.389 e. The lowest BCUT2D eigenvalue weighted by atomic mass is 9.94. The van der Waals surface area contributed by atoms with Crippen LogP contribution in [-0.2, 0) is 6.42 Å². The van der Waals surface area contributed by atoms with Crippen molar-refractivity contribution < 1.29 is 5.11 Å². The minimum atomic E-state index is -0.605. The molecule has 18 heavy (non-hydrogen) atoms. The first-order valence-corrected chi connectivity index (χ1v) is 7.01. The van der Waals surface area contributed by atoms with Gasteiger partial charge >= 0.3 is 0 Å². The van der Waals surface area contributed by atoms with Crippen molar-refractivity contribution in [3.05, 3.63) is 35.4 Å². The van der Waals surface area contributed by atoms with Gasteiger partial charge in [0.1, 0.15) is 0 Å². The smallest absolute Gasteiger partial charge is 0.0746 e. The zero-order chi connectivity index (χ0) is 13.2. The molecule has 0 bridgehead atoms. The van der Waals surface area contributed by atoms with Gasteiger partial charge in [0.2, 0.25) is 0 Å². The van der Waals surface area contributed by atoms with Gasteiger partial charge in [-0.2, -0.15) is 0 Å². The van der Waals surface area contributed by atoms with Gasteiger partial charge in [-0.05, 0) is 43.2 Å². The van der Waals surface area contributed by atoms with E-state index in [0.717, 1.165) is 19.3 Å². The third kappa shape index (κ3) is 3.33. The molecule has 0 radical (unpaired) electrons. The first-order chi connectivity index (χ1) is 8.48. The van der Waals surface area contributed by atoms with Crippen LogP contribution in [0.4, 0.5) is 0 Å². The summed E-state index contributed by atoms with van der Waals surface area (Å²) in [6.07, 6.45) is 3.14. The van der Waals surface area contributed by atoms with E-state index in [-0.39, 0.29) is 0 Å². The highest BCUT2D eigenvalue weighted by atomic mass is 16.3. The Morgan fingerprint density at radius 3 is 2.83 bits per heavy atom. The van der Waals surface area contributed by atoms with Crippen LogP contribution in [0.2, 0.25) is 0 Å². The van der Waals surface area contributed by atoms with Crippen LogP contribution in [0.25, 0.3) is 0 Å². The van der Waals surface area contributed by atoms with Crippen molar-refractivity contribution in [2.24, 2.45) is 5.92 Å². The zero-order valence-corrected chi connectivity index (χ0v) is 11.7. The van der Waals surface area contributed by atoms with Crippen LogP contribution in [0, 0.1) is 5.92 Å². The van der Waals surface area contributed by atoms with E-state index in [2.05, 4.69) is 43.4 Å². The summed E-state index contributed by atoms with van der Waals surface area (Å²) in [7, 11) is 0. The molecule has 0 spiro atoms. The van der Waals surface area contributed by atoms with E-state index in [1.54, 1.807) is 0 Å². The molecule has 0 saturated heterocycles. The molecule has 0 aliphatic heterocycles. The lowest BCUT2D eigenvalue weighted by Gasteiger charge is -2.27. The molecule has 2 nitrogen and oxygen atoms in total. The second kappa shape index (κ2) is 5.41. The van der Waals surface area contributed by atoms with Gasteiger partial charge in [0.25, 0.3) is 0 Å². The molecule has 0 aromatic heterocycles. The Hall–Kier alpha value is -0.860. The van der Waals surface area contributed by atoms with Gasteiger partial charge in [0.15, 0.2) is 0 Å². The zero-order valence-electron chi connectivity index (χ0n) is 11.7. The Kier molecular flexibility index (Phi) is 4.08. The fourth-order valence-corrected chi connectivity index (χ4v) is 3.06. The van der Waals surface area contributed by atoms with E-state index in [4.69, 9.17) is 0 Å². The van der Waals surface area contributed by atoms with E-state index >= 15 is 0 Å². The average Bonchev–Trinajstić information content (AvgIpc) is 2.68. The summed E-state index contributed by atoms with van der Waals surface area (Å²) in [5.74, 6) is 0.526. The standard InChI is InChI=1S/C16H25NO/c1-12(2)10-16(3,18)11-17-15-9-8-13-6-4-5-7-14(13)15/h4-7,12,15,17-18H,8-11H2,1-3H3.